The predicted octanol–water partition coefficient (Wildman–Crippen LogP) is 3.48. The Labute approximate surface area is 194 Å². The van der Waals surface area contributed by atoms with Crippen molar-refractivity contribution in [3.05, 3.63) is 70.0 Å². The quantitative estimate of drug-likeness (QED) is 0.419. The van der Waals surface area contributed by atoms with Gasteiger partial charge in [0.15, 0.2) is 0 Å². The largest absolute Gasteiger partial charge is 0.548 e. The van der Waals surface area contributed by atoms with Crippen LogP contribution in [0.25, 0.3) is 33.1 Å². The second-order valence-electron chi connectivity index (χ2n) is 8.74. The fourth-order valence-corrected chi connectivity index (χ4v) is 4.06. The van der Waals surface area contributed by atoms with Gasteiger partial charge in [0, 0.05) is 22.4 Å². The molecule has 0 saturated heterocycles. The molecule has 0 spiro atoms. The van der Waals surface area contributed by atoms with Gasteiger partial charge in [0.25, 0.3) is 0 Å². The first kappa shape index (κ1) is 23.2. The van der Waals surface area contributed by atoms with E-state index in [1.54, 1.807) is 37.5 Å². The fourth-order valence-electron chi connectivity index (χ4n) is 4.06. The molecule has 0 unspecified atom stereocenters. The Morgan fingerprint density at radius 3 is 2.44 bits per heavy atom. The fraction of sp³-hybridized carbons (Fsp3) is 0.269. The van der Waals surface area contributed by atoms with Crippen molar-refractivity contribution in [2.45, 2.75) is 39.7 Å². The van der Waals surface area contributed by atoms with Gasteiger partial charge in [-0.15, -0.1) is 0 Å². The summed E-state index contributed by atoms with van der Waals surface area (Å²) in [5.74, 6) is -2.30. The number of aliphatic carboxylic acids is 1. The Balaban J connectivity index is 1.72. The lowest BCUT2D eigenvalue weighted by molar-refractivity contribution is -0.308. The standard InChI is InChI=1S/C26H24FNO6/c1-13(2)8-21(25(30)31)28-24(29)10-18-14(3)17-9-19-20(15-4-6-16(27)7-5-15)12-33-22(19)11-23(17)34-26(18)32/h4-7,9,11-13,21H,8,10H2,1-3H3,(H,28,29)(H,30,31)/p-1/t21-/m0/s1. The van der Waals surface area contributed by atoms with Crippen LogP contribution >= 0.6 is 0 Å². The van der Waals surface area contributed by atoms with Crippen molar-refractivity contribution in [1.29, 1.82) is 0 Å². The topological polar surface area (TPSA) is 113 Å². The van der Waals surface area contributed by atoms with E-state index < -0.39 is 23.5 Å². The zero-order chi connectivity index (χ0) is 24.6. The lowest BCUT2D eigenvalue weighted by atomic mass is 9.99. The number of carboxylic acid groups (broad SMARTS) is 1. The van der Waals surface area contributed by atoms with Crippen molar-refractivity contribution in [3.8, 4) is 11.1 Å². The molecule has 34 heavy (non-hydrogen) atoms. The lowest BCUT2D eigenvalue weighted by Crippen LogP contribution is -2.49. The van der Waals surface area contributed by atoms with Crippen LogP contribution in [0.5, 0.6) is 0 Å². The van der Waals surface area contributed by atoms with Gasteiger partial charge in [0.05, 0.1) is 30.3 Å². The van der Waals surface area contributed by atoms with E-state index in [-0.39, 0.29) is 30.1 Å². The molecule has 0 fully saturated rings. The zero-order valence-electron chi connectivity index (χ0n) is 18.9. The Morgan fingerprint density at radius 1 is 1.09 bits per heavy atom. The van der Waals surface area contributed by atoms with E-state index in [4.69, 9.17) is 8.83 Å². The summed E-state index contributed by atoms with van der Waals surface area (Å²) >= 11 is 0. The van der Waals surface area contributed by atoms with Crippen molar-refractivity contribution < 1.29 is 27.9 Å². The van der Waals surface area contributed by atoms with Crippen LogP contribution in [0.3, 0.4) is 0 Å². The first-order valence-electron chi connectivity index (χ1n) is 10.9. The van der Waals surface area contributed by atoms with Crippen molar-refractivity contribution in [2.75, 3.05) is 0 Å². The number of carbonyl (C=O) groups is 2. The smallest absolute Gasteiger partial charge is 0.340 e. The van der Waals surface area contributed by atoms with Gasteiger partial charge < -0.3 is 24.1 Å². The van der Waals surface area contributed by atoms with E-state index in [0.29, 0.717) is 22.1 Å². The van der Waals surface area contributed by atoms with Crippen LogP contribution in [-0.4, -0.2) is 17.9 Å². The molecule has 0 radical (unpaired) electrons. The Bertz CT molecular complexity index is 1450. The van der Waals surface area contributed by atoms with Gasteiger partial charge in [-0.05, 0) is 48.6 Å². The number of halogens is 1. The minimum absolute atomic E-state index is 0.0309. The maximum atomic E-state index is 13.3. The average molecular weight is 464 g/mol. The first-order chi connectivity index (χ1) is 16.1. The number of aryl methyl sites for hydroxylation is 1. The highest BCUT2D eigenvalue weighted by atomic mass is 19.1. The minimum Gasteiger partial charge on any atom is -0.548 e. The van der Waals surface area contributed by atoms with Crippen LogP contribution in [0.15, 0.2) is 56.3 Å². The highest BCUT2D eigenvalue weighted by Gasteiger charge is 2.20. The van der Waals surface area contributed by atoms with Crippen LogP contribution in [0.2, 0.25) is 0 Å². The number of hydrogen-bond acceptors (Lipinski definition) is 6. The molecular weight excluding hydrogens is 441 g/mol. The Morgan fingerprint density at radius 2 is 1.79 bits per heavy atom. The summed E-state index contributed by atoms with van der Waals surface area (Å²) in [6.07, 6.45) is 1.43. The number of amides is 1. The van der Waals surface area contributed by atoms with Crippen LogP contribution < -0.4 is 16.0 Å². The second kappa shape index (κ2) is 9.13. The molecule has 2 aromatic heterocycles. The van der Waals surface area contributed by atoms with Gasteiger partial charge >= 0.3 is 5.63 Å². The molecule has 7 nitrogen and oxygen atoms in total. The van der Waals surface area contributed by atoms with Crippen LogP contribution in [0, 0.1) is 18.7 Å². The maximum Gasteiger partial charge on any atom is 0.340 e. The van der Waals surface area contributed by atoms with Gasteiger partial charge in [-0.25, -0.2) is 9.18 Å². The van der Waals surface area contributed by atoms with E-state index >= 15 is 0 Å². The second-order valence-corrected chi connectivity index (χ2v) is 8.74. The van der Waals surface area contributed by atoms with Gasteiger partial charge in [0.1, 0.15) is 17.0 Å². The molecule has 2 aromatic carbocycles. The van der Waals surface area contributed by atoms with Crippen molar-refractivity contribution >= 4 is 33.8 Å². The SMILES string of the molecule is Cc1c(CC(=O)N[C@@H](CC(C)C)C(=O)[O-])c(=O)oc2cc3occ(-c4ccc(F)cc4)c3cc12. The molecule has 0 aliphatic carbocycles. The molecule has 2 heterocycles. The Kier molecular flexibility index (Phi) is 6.24. The molecule has 0 bridgehead atoms. The molecule has 4 rings (SSSR count). The number of carbonyl (C=O) groups excluding carboxylic acids is 2. The van der Waals surface area contributed by atoms with Crippen molar-refractivity contribution in [2.24, 2.45) is 5.92 Å². The van der Waals surface area contributed by atoms with E-state index in [9.17, 15) is 23.9 Å². The van der Waals surface area contributed by atoms with Crippen LogP contribution in [0.4, 0.5) is 4.39 Å². The molecule has 1 atom stereocenters. The number of furan rings is 1. The highest BCUT2D eigenvalue weighted by molar-refractivity contribution is 6.02. The van der Waals surface area contributed by atoms with E-state index in [0.717, 1.165) is 16.5 Å². The average Bonchev–Trinajstić information content (AvgIpc) is 3.18. The summed E-state index contributed by atoms with van der Waals surface area (Å²) < 4.78 is 24.4. The minimum atomic E-state index is -1.38. The third-order valence-electron chi connectivity index (χ3n) is 5.80. The molecule has 0 aliphatic heterocycles. The van der Waals surface area contributed by atoms with Crippen molar-refractivity contribution in [1.82, 2.24) is 5.32 Å². The van der Waals surface area contributed by atoms with Crippen LogP contribution in [0.1, 0.15) is 31.4 Å². The van der Waals surface area contributed by atoms with Gasteiger partial charge in [-0.2, -0.15) is 0 Å². The summed E-state index contributed by atoms with van der Waals surface area (Å²) in [6, 6.07) is 8.25. The highest BCUT2D eigenvalue weighted by Crippen LogP contribution is 2.34. The zero-order valence-corrected chi connectivity index (χ0v) is 18.9. The first-order valence-corrected chi connectivity index (χ1v) is 10.9. The monoisotopic (exact) mass is 464 g/mol. The normalized spacial score (nSPS) is 12.4. The van der Waals surface area contributed by atoms with Gasteiger partial charge in [0.2, 0.25) is 5.91 Å². The number of rotatable bonds is 7. The number of nitrogens with one attached hydrogen (secondary N) is 1. The summed E-state index contributed by atoms with van der Waals surface area (Å²) in [6.45, 7) is 5.37. The maximum absolute atomic E-state index is 13.3. The Hall–Kier alpha value is -3.94. The van der Waals surface area contributed by atoms with E-state index in [1.807, 2.05) is 13.8 Å². The van der Waals surface area contributed by atoms with Gasteiger partial charge in [-0.1, -0.05) is 26.0 Å². The number of fused-ring (bicyclic) bond motifs is 2. The van der Waals surface area contributed by atoms with Crippen LogP contribution in [-0.2, 0) is 16.0 Å². The summed E-state index contributed by atoms with van der Waals surface area (Å²) in [5, 5.41) is 15.1. The van der Waals surface area contributed by atoms with E-state index in [2.05, 4.69) is 5.32 Å². The molecular formula is C26H23FNO6-. The summed E-state index contributed by atoms with van der Waals surface area (Å²) in [4.78, 5) is 36.6. The molecule has 8 heteroatoms. The molecule has 0 aliphatic rings. The molecule has 0 saturated carbocycles. The summed E-state index contributed by atoms with van der Waals surface area (Å²) in [7, 11) is 0. The number of benzene rings is 2. The number of hydrogen-bond donors (Lipinski definition) is 1. The van der Waals surface area contributed by atoms with Gasteiger partial charge in [-0.3, -0.25) is 4.79 Å². The third kappa shape index (κ3) is 4.57. The predicted molar refractivity (Wildman–Crippen MR) is 122 cm³/mol. The molecule has 176 valence electrons. The molecule has 1 amide bonds. The third-order valence-corrected chi connectivity index (χ3v) is 5.80. The van der Waals surface area contributed by atoms with E-state index in [1.165, 1.54) is 12.1 Å². The number of carboxylic acids is 1. The summed E-state index contributed by atoms with van der Waals surface area (Å²) in [5.41, 5.74) is 2.29. The van der Waals surface area contributed by atoms with Crippen molar-refractivity contribution in [3.63, 3.8) is 0 Å². The molecule has 1 N–H and O–H groups in total. The lowest BCUT2D eigenvalue weighted by Gasteiger charge is -2.21. The molecule has 4 aromatic rings.